The summed E-state index contributed by atoms with van der Waals surface area (Å²) in [6, 6.07) is 17.4. The second-order valence-corrected chi connectivity index (χ2v) is 5.18. The Balaban J connectivity index is 1.93. The maximum Gasteiger partial charge on any atom is 0.323 e. The molecule has 110 valence electrons. The molecule has 0 aliphatic heterocycles. The molecule has 2 amide bonds. The van der Waals surface area contributed by atoms with Gasteiger partial charge < -0.3 is 16.0 Å². The van der Waals surface area contributed by atoms with Gasteiger partial charge in [0, 0.05) is 24.0 Å². The Morgan fingerprint density at radius 1 is 0.952 bits per heavy atom. The van der Waals surface area contributed by atoms with E-state index in [1.54, 1.807) is 0 Å². The zero-order valence-electron chi connectivity index (χ0n) is 12.4. The fourth-order valence-electron chi connectivity index (χ4n) is 1.90. The topological polar surface area (TPSA) is 53.2 Å². The molecule has 0 atom stereocenters. The maximum absolute atomic E-state index is 11.9. The molecule has 3 N–H and O–H groups in total. The number of hydrogen-bond acceptors (Lipinski definition) is 2. The van der Waals surface area contributed by atoms with Crippen LogP contribution in [0, 0.1) is 0 Å². The Morgan fingerprint density at radius 3 is 2.33 bits per heavy atom. The number of benzene rings is 2. The minimum Gasteiger partial charge on any atom is -0.310 e. The average Bonchev–Trinajstić information content (AvgIpc) is 2.46. The number of hydrogen-bond donors (Lipinski definition) is 3. The highest BCUT2D eigenvalue weighted by molar-refractivity contribution is 5.99. The Hall–Kier alpha value is -2.33. The molecule has 4 heteroatoms. The van der Waals surface area contributed by atoms with Crippen molar-refractivity contribution in [3.8, 4) is 0 Å². The highest BCUT2D eigenvalue weighted by Crippen LogP contribution is 2.12. The summed E-state index contributed by atoms with van der Waals surface area (Å²) < 4.78 is 0. The van der Waals surface area contributed by atoms with Crippen LogP contribution in [0.15, 0.2) is 54.6 Å². The highest BCUT2D eigenvalue weighted by atomic mass is 16.2. The van der Waals surface area contributed by atoms with Crippen molar-refractivity contribution in [2.75, 3.05) is 10.6 Å². The number of nitrogens with one attached hydrogen (secondary N) is 3. The fraction of sp³-hybridized carbons (Fsp3) is 0.235. The van der Waals surface area contributed by atoms with Gasteiger partial charge in [-0.3, -0.25) is 0 Å². The van der Waals surface area contributed by atoms with Crippen molar-refractivity contribution in [1.29, 1.82) is 0 Å². The third-order valence-corrected chi connectivity index (χ3v) is 2.93. The third-order valence-electron chi connectivity index (χ3n) is 2.93. The van der Waals surface area contributed by atoms with Crippen molar-refractivity contribution < 1.29 is 4.79 Å². The van der Waals surface area contributed by atoms with E-state index < -0.39 is 0 Å². The molecule has 0 saturated heterocycles. The number of carbonyl (C=O) groups is 1. The third kappa shape index (κ3) is 5.28. The van der Waals surface area contributed by atoms with Gasteiger partial charge in [-0.15, -0.1) is 0 Å². The van der Waals surface area contributed by atoms with E-state index in [4.69, 9.17) is 0 Å². The predicted octanol–water partition coefficient (Wildman–Crippen LogP) is 3.83. The molecule has 0 aliphatic carbocycles. The second kappa shape index (κ2) is 7.45. The molecule has 0 unspecified atom stereocenters. The lowest BCUT2D eigenvalue weighted by molar-refractivity contribution is 0.262. The minimum absolute atomic E-state index is 0.241. The zero-order chi connectivity index (χ0) is 15.1. The van der Waals surface area contributed by atoms with Gasteiger partial charge in [0.25, 0.3) is 0 Å². The number of para-hydroxylation sites is 1. The lowest BCUT2D eigenvalue weighted by Gasteiger charge is -2.11. The Kier molecular flexibility index (Phi) is 5.35. The van der Waals surface area contributed by atoms with Gasteiger partial charge in [-0.05, 0) is 29.8 Å². The van der Waals surface area contributed by atoms with Gasteiger partial charge >= 0.3 is 6.03 Å². The summed E-state index contributed by atoms with van der Waals surface area (Å²) in [4.78, 5) is 11.9. The van der Waals surface area contributed by atoms with E-state index >= 15 is 0 Å². The minimum atomic E-state index is -0.241. The Labute approximate surface area is 125 Å². The van der Waals surface area contributed by atoms with Crippen LogP contribution in [0.3, 0.4) is 0 Å². The number of carbonyl (C=O) groups excluding carboxylic acids is 1. The Morgan fingerprint density at radius 2 is 1.62 bits per heavy atom. The van der Waals surface area contributed by atoms with Crippen LogP contribution in [0.1, 0.15) is 19.4 Å². The van der Waals surface area contributed by atoms with Gasteiger partial charge in [-0.1, -0.05) is 44.2 Å². The molecule has 0 aliphatic rings. The monoisotopic (exact) mass is 283 g/mol. The molecule has 0 heterocycles. The normalized spacial score (nSPS) is 10.4. The van der Waals surface area contributed by atoms with Crippen LogP contribution < -0.4 is 16.0 Å². The van der Waals surface area contributed by atoms with E-state index in [0.717, 1.165) is 23.5 Å². The first kappa shape index (κ1) is 15.1. The number of anilines is 2. The molecule has 2 aromatic carbocycles. The second-order valence-electron chi connectivity index (χ2n) is 5.18. The number of rotatable bonds is 5. The van der Waals surface area contributed by atoms with Crippen LogP contribution in [0.2, 0.25) is 0 Å². The van der Waals surface area contributed by atoms with Crippen LogP contribution >= 0.6 is 0 Å². The summed E-state index contributed by atoms with van der Waals surface area (Å²) in [5, 5.41) is 8.99. The standard InChI is InChI=1S/C17H21N3O/c1-13(2)18-12-14-7-6-10-16(11-14)20-17(21)19-15-8-4-3-5-9-15/h3-11,13,18H,12H2,1-2H3,(H2,19,20,21). The van der Waals surface area contributed by atoms with Crippen LogP contribution in [0.25, 0.3) is 0 Å². The molecule has 4 nitrogen and oxygen atoms in total. The van der Waals surface area contributed by atoms with Crippen LogP contribution in [0.4, 0.5) is 16.2 Å². The molecule has 0 saturated carbocycles. The zero-order valence-corrected chi connectivity index (χ0v) is 12.4. The van der Waals surface area contributed by atoms with E-state index in [0.29, 0.717) is 6.04 Å². The fourth-order valence-corrected chi connectivity index (χ4v) is 1.90. The summed E-state index contributed by atoms with van der Waals surface area (Å²) in [6.45, 7) is 5.00. The number of urea groups is 1. The van der Waals surface area contributed by atoms with Crippen molar-refractivity contribution in [2.24, 2.45) is 0 Å². The number of amides is 2. The van der Waals surface area contributed by atoms with Crippen molar-refractivity contribution in [3.63, 3.8) is 0 Å². The van der Waals surface area contributed by atoms with E-state index in [9.17, 15) is 4.79 Å². The van der Waals surface area contributed by atoms with E-state index in [1.165, 1.54) is 0 Å². The average molecular weight is 283 g/mol. The van der Waals surface area contributed by atoms with Crippen LogP contribution in [-0.4, -0.2) is 12.1 Å². The lowest BCUT2D eigenvalue weighted by Crippen LogP contribution is -2.22. The van der Waals surface area contributed by atoms with Gasteiger partial charge in [0.05, 0.1) is 0 Å². The first-order valence-corrected chi connectivity index (χ1v) is 7.09. The van der Waals surface area contributed by atoms with Crippen LogP contribution in [0.5, 0.6) is 0 Å². The van der Waals surface area contributed by atoms with E-state index in [-0.39, 0.29) is 6.03 Å². The smallest absolute Gasteiger partial charge is 0.310 e. The van der Waals surface area contributed by atoms with E-state index in [2.05, 4.69) is 29.8 Å². The quantitative estimate of drug-likeness (QED) is 0.781. The van der Waals surface area contributed by atoms with Gasteiger partial charge in [-0.2, -0.15) is 0 Å². The first-order valence-electron chi connectivity index (χ1n) is 7.09. The molecule has 0 radical (unpaired) electrons. The van der Waals surface area contributed by atoms with Crippen molar-refractivity contribution >= 4 is 17.4 Å². The van der Waals surface area contributed by atoms with Crippen molar-refractivity contribution in [1.82, 2.24) is 5.32 Å². The largest absolute Gasteiger partial charge is 0.323 e. The first-order chi connectivity index (χ1) is 10.1. The SMILES string of the molecule is CC(C)NCc1cccc(NC(=O)Nc2ccccc2)c1. The molecule has 2 aromatic rings. The maximum atomic E-state index is 11.9. The molecule has 0 spiro atoms. The Bertz CT molecular complexity index is 582. The predicted molar refractivity (Wildman–Crippen MR) is 87.5 cm³/mol. The van der Waals surface area contributed by atoms with Crippen LogP contribution in [-0.2, 0) is 6.54 Å². The lowest BCUT2D eigenvalue weighted by atomic mass is 10.2. The molecule has 0 aromatic heterocycles. The van der Waals surface area contributed by atoms with Gasteiger partial charge in [-0.25, -0.2) is 4.79 Å². The highest BCUT2D eigenvalue weighted by Gasteiger charge is 2.03. The summed E-state index contributed by atoms with van der Waals surface area (Å²) in [6.07, 6.45) is 0. The van der Waals surface area contributed by atoms with Crippen molar-refractivity contribution in [3.05, 3.63) is 60.2 Å². The van der Waals surface area contributed by atoms with Gasteiger partial charge in [0.2, 0.25) is 0 Å². The summed E-state index contributed by atoms with van der Waals surface area (Å²) in [5.41, 5.74) is 2.69. The van der Waals surface area contributed by atoms with Crippen molar-refractivity contribution in [2.45, 2.75) is 26.4 Å². The molecule has 0 fully saturated rings. The summed E-state index contributed by atoms with van der Waals surface area (Å²) in [7, 11) is 0. The molecular formula is C17H21N3O. The summed E-state index contributed by atoms with van der Waals surface area (Å²) >= 11 is 0. The molecule has 21 heavy (non-hydrogen) atoms. The molecule has 2 rings (SSSR count). The molecular weight excluding hydrogens is 262 g/mol. The van der Waals surface area contributed by atoms with Gasteiger partial charge in [0.1, 0.15) is 0 Å². The van der Waals surface area contributed by atoms with Gasteiger partial charge in [0.15, 0.2) is 0 Å². The summed E-state index contributed by atoms with van der Waals surface area (Å²) in [5.74, 6) is 0. The van der Waals surface area contributed by atoms with E-state index in [1.807, 2.05) is 54.6 Å². The molecule has 0 bridgehead atoms.